The van der Waals surface area contributed by atoms with Crippen LogP contribution >= 0.6 is 15.9 Å². The minimum atomic E-state index is -0.537. The van der Waals surface area contributed by atoms with Gasteiger partial charge in [-0.25, -0.2) is 0 Å². The summed E-state index contributed by atoms with van der Waals surface area (Å²) in [7, 11) is 0. The number of rotatable bonds is 5. The standard InChI is InChI=1S/C18H26BrN3O2/c1-12(2)15(17(24)22-9-8-18(3,10-20)11-22)21-16(23)13-6-4-5-7-14(13)19/h4-7,12,15H,8-11,20H2,1-3H3,(H,21,23). The summed E-state index contributed by atoms with van der Waals surface area (Å²) in [6.07, 6.45) is 0.901. The molecule has 1 saturated heterocycles. The molecule has 24 heavy (non-hydrogen) atoms. The first-order valence-electron chi connectivity index (χ1n) is 8.31. The highest BCUT2D eigenvalue weighted by molar-refractivity contribution is 9.10. The molecule has 2 rings (SSSR count). The summed E-state index contributed by atoms with van der Waals surface area (Å²) in [5, 5.41) is 2.90. The lowest BCUT2D eigenvalue weighted by Crippen LogP contribution is -2.51. The second kappa shape index (κ2) is 7.66. The van der Waals surface area contributed by atoms with Crippen molar-refractivity contribution in [3.05, 3.63) is 34.3 Å². The van der Waals surface area contributed by atoms with Crippen molar-refractivity contribution in [2.45, 2.75) is 33.2 Å². The molecule has 3 N–H and O–H groups in total. The molecule has 1 fully saturated rings. The molecule has 0 aliphatic carbocycles. The van der Waals surface area contributed by atoms with E-state index in [9.17, 15) is 9.59 Å². The molecule has 5 nitrogen and oxygen atoms in total. The number of amides is 2. The van der Waals surface area contributed by atoms with E-state index in [0.29, 0.717) is 29.7 Å². The number of hydrogen-bond donors (Lipinski definition) is 2. The minimum absolute atomic E-state index is 0.00803. The van der Waals surface area contributed by atoms with Gasteiger partial charge in [-0.3, -0.25) is 9.59 Å². The Morgan fingerprint density at radius 3 is 2.58 bits per heavy atom. The molecule has 2 atom stereocenters. The van der Waals surface area contributed by atoms with Crippen LogP contribution in [0.1, 0.15) is 37.6 Å². The molecule has 0 spiro atoms. The fourth-order valence-corrected chi connectivity index (χ4v) is 3.42. The maximum atomic E-state index is 12.9. The van der Waals surface area contributed by atoms with Crippen LogP contribution in [-0.4, -0.2) is 42.4 Å². The monoisotopic (exact) mass is 395 g/mol. The average Bonchev–Trinajstić information content (AvgIpc) is 2.95. The molecule has 0 bridgehead atoms. The highest BCUT2D eigenvalue weighted by Crippen LogP contribution is 2.29. The number of nitrogens with two attached hydrogens (primary N) is 1. The first-order valence-corrected chi connectivity index (χ1v) is 9.11. The third kappa shape index (κ3) is 4.16. The number of carbonyl (C=O) groups is 2. The Hall–Kier alpha value is -1.40. The minimum Gasteiger partial charge on any atom is -0.340 e. The topological polar surface area (TPSA) is 75.4 Å². The lowest BCUT2D eigenvalue weighted by Gasteiger charge is -2.28. The fraction of sp³-hybridized carbons (Fsp3) is 0.556. The third-order valence-corrected chi connectivity index (χ3v) is 5.39. The van der Waals surface area contributed by atoms with Crippen molar-refractivity contribution in [3.8, 4) is 0 Å². The van der Waals surface area contributed by atoms with Crippen LogP contribution in [0.25, 0.3) is 0 Å². The van der Waals surface area contributed by atoms with E-state index < -0.39 is 6.04 Å². The molecule has 0 aromatic heterocycles. The van der Waals surface area contributed by atoms with Gasteiger partial charge in [-0.05, 0) is 52.4 Å². The Bertz CT molecular complexity index is 620. The third-order valence-electron chi connectivity index (χ3n) is 4.70. The van der Waals surface area contributed by atoms with Gasteiger partial charge in [0.2, 0.25) is 5.91 Å². The van der Waals surface area contributed by atoms with E-state index in [1.165, 1.54) is 0 Å². The van der Waals surface area contributed by atoms with E-state index in [0.717, 1.165) is 6.42 Å². The molecule has 0 radical (unpaired) electrons. The van der Waals surface area contributed by atoms with Crippen molar-refractivity contribution in [1.82, 2.24) is 10.2 Å². The number of hydrogen-bond acceptors (Lipinski definition) is 3. The zero-order valence-corrected chi connectivity index (χ0v) is 16.1. The van der Waals surface area contributed by atoms with Gasteiger partial charge >= 0.3 is 0 Å². The number of carbonyl (C=O) groups excluding carboxylic acids is 2. The lowest BCUT2D eigenvalue weighted by molar-refractivity contribution is -0.133. The summed E-state index contributed by atoms with van der Waals surface area (Å²) >= 11 is 3.38. The highest BCUT2D eigenvalue weighted by atomic mass is 79.9. The largest absolute Gasteiger partial charge is 0.340 e. The van der Waals surface area contributed by atoms with Crippen LogP contribution in [0.3, 0.4) is 0 Å². The molecule has 132 valence electrons. The maximum Gasteiger partial charge on any atom is 0.253 e. The molecule has 6 heteroatoms. The quantitative estimate of drug-likeness (QED) is 0.803. The Balaban J connectivity index is 2.11. The fourth-order valence-electron chi connectivity index (χ4n) is 2.95. The molecule has 2 unspecified atom stereocenters. The molecule has 2 amide bonds. The highest BCUT2D eigenvalue weighted by Gasteiger charge is 2.38. The van der Waals surface area contributed by atoms with Gasteiger partial charge in [0.15, 0.2) is 0 Å². The Morgan fingerprint density at radius 1 is 1.38 bits per heavy atom. The summed E-state index contributed by atoms with van der Waals surface area (Å²) in [6, 6.07) is 6.67. The van der Waals surface area contributed by atoms with Gasteiger partial charge in [0.05, 0.1) is 5.56 Å². The normalized spacial score (nSPS) is 21.8. The smallest absolute Gasteiger partial charge is 0.253 e. The number of benzene rings is 1. The molecule has 1 aromatic rings. The van der Waals surface area contributed by atoms with Gasteiger partial charge in [0, 0.05) is 17.6 Å². The number of nitrogens with zero attached hydrogens (tertiary/aromatic N) is 1. The maximum absolute atomic E-state index is 12.9. The van der Waals surface area contributed by atoms with Crippen LogP contribution in [0.4, 0.5) is 0 Å². The van der Waals surface area contributed by atoms with E-state index in [4.69, 9.17) is 5.73 Å². The first kappa shape index (κ1) is 18.9. The molecule has 1 aromatic carbocycles. The van der Waals surface area contributed by atoms with Gasteiger partial charge in [0.25, 0.3) is 5.91 Å². The van der Waals surface area contributed by atoms with E-state index in [1.807, 2.05) is 30.9 Å². The van der Waals surface area contributed by atoms with Gasteiger partial charge in [-0.15, -0.1) is 0 Å². The summed E-state index contributed by atoms with van der Waals surface area (Å²) in [5.41, 5.74) is 6.33. The Kier molecular flexibility index (Phi) is 6.04. The number of likely N-dealkylation sites (tertiary alicyclic amines) is 1. The summed E-state index contributed by atoms with van der Waals surface area (Å²) < 4.78 is 0.717. The van der Waals surface area contributed by atoms with Crippen LogP contribution in [0.15, 0.2) is 28.7 Å². The number of nitrogens with one attached hydrogen (secondary N) is 1. The zero-order valence-electron chi connectivity index (χ0n) is 14.5. The van der Waals surface area contributed by atoms with Crippen molar-refractivity contribution >= 4 is 27.7 Å². The molecule has 1 heterocycles. The molecule has 1 aliphatic rings. The lowest BCUT2D eigenvalue weighted by atomic mass is 9.90. The zero-order chi connectivity index (χ0) is 17.9. The first-order chi connectivity index (χ1) is 11.3. The van der Waals surface area contributed by atoms with Crippen LogP contribution in [0.5, 0.6) is 0 Å². The van der Waals surface area contributed by atoms with Crippen molar-refractivity contribution in [3.63, 3.8) is 0 Å². The SMILES string of the molecule is CC(C)C(NC(=O)c1ccccc1Br)C(=O)N1CCC(C)(CN)C1. The van der Waals surface area contributed by atoms with Crippen LogP contribution in [0, 0.1) is 11.3 Å². The molecular weight excluding hydrogens is 370 g/mol. The van der Waals surface area contributed by atoms with Crippen molar-refractivity contribution in [1.29, 1.82) is 0 Å². The van der Waals surface area contributed by atoms with E-state index in [-0.39, 0.29) is 23.1 Å². The van der Waals surface area contributed by atoms with E-state index in [2.05, 4.69) is 28.2 Å². The second-order valence-corrected chi connectivity index (χ2v) is 8.05. The van der Waals surface area contributed by atoms with Crippen molar-refractivity contribution in [2.24, 2.45) is 17.1 Å². The van der Waals surface area contributed by atoms with Gasteiger partial charge in [-0.2, -0.15) is 0 Å². The van der Waals surface area contributed by atoms with Gasteiger partial charge in [0.1, 0.15) is 6.04 Å². The summed E-state index contributed by atoms with van der Waals surface area (Å²) in [6.45, 7) is 7.90. The molecule has 1 aliphatic heterocycles. The van der Waals surface area contributed by atoms with Crippen molar-refractivity contribution < 1.29 is 9.59 Å². The van der Waals surface area contributed by atoms with Crippen LogP contribution in [0.2, 0.25) is 0 Å². The summed E-state index contributed by atoms with van der Waals surface area (Å²) in [4.78, 5) is 27.3. The van der Waals surface area contributed by atoms with Gasteiger partial charge < -0.3 is 16.0 Å². The Morgan fingerprint density at radius 2 is 2.04 bits per heavy atom. The second-order valence-electron chi connectivity index (χ2n) is 7.20. The summed E-state index contributed by atoms with van der Waals surface area (Å²) in [5.74, 6) is -0.258. The van der Waals surface area contributed by atoms with Crippen LogP contribution < -0.4 is 11.1 Å². The van der Waals surface area contributed by atoms with Gasteiger partial charge in [-0.1, -0.05) is 32.9 Å². The molecular formula is C18H26BrN3O2. The molecule has 0 saturated carbocycles. The van der Waals surface area contributed by atoms with E-state index in [1.54, 1.807) is 12.1 Å². The predicted molar refractivity (Wildman–Crippen MR) is 98.6 cm³/mol. The number of halogens is 1. The van der Waals surface area contributed by atoms with E-state index >= 15 is 0 Å². The predicted octanol–water partition coefficient (Wildman–Crippen LogP) is 2.40. The van der Waals surface area contributed by atoms with Crippen molar-refractivity contribution in [2.75, 3.05) is 19.6 Å². The van der Waals surface area contributed by atoms with Crippen LogP contribution in [-0.2, 0) is 4.79 Å². The average molecular weight is 396 g/mol. The Labute approximate surface area is 152 Å².